The van der Waals surface area contributed by atoms with E-state index in [0.29, 0.717) is 5.75 Å². The molecule has 0 bridgehead atoms. The molecule has 1 aliphatic heterocycles. The van der Waals surface area contributed by atoms with Crippen molar-refractivity contribution in [2.24, 2.45) is 0 Å². The third-order valence-electron chi connectivity index (χ3n) is 5.04. The Hall–Kier alpha value is -3.47. The summed E-state index contributed by atoms with van der Waals surface area (Å²) in [5.74, 6) is 2.38. The quantitative estimate of drug-likeness (QED) is 0.578. The first-order chi connectivity index (χ1) is 13.3. The van der Waals surface area contributed by atoms with Crippen LogP contribution < -0.4 is 14.8 Å². The number of hydrogen-bond donors (Lipinski definition) is 1. The number of imidazole rings is 1. The van der Waals surface area contributed by atoms with Crippen LogP contribution in [0.2, 0.25) is 0 Å². The highest BCUT2D eigenvalue weighted by atomic mass is 16.5. The predicted octanol–water partition coefficient (Wildman–Crippen LogP) is 4.69. The zero-order chi connectivity index (χ0) is 18.4. The van der Waals surface area contributed by atoms with Crippen molar-refractivity contribution < 1.29 is 9.47 Å². The van der Waals surface area contributed by atoms with Gasteiger partial charge in [-0.1, -0.05) is 36.4 Å². The molecule has 0 aliphatic carbocycles. The van der Waals surface area contributed by atoms with E-state index in [1.165, 1.54) is 0 Å². The largest absolute Gasteiger partial charge is 0.493 e. The van der Waals surface area contributed by atoms with Crippen molar-refractivity contribution in [2.45, 2.75) is 6.17 Å². The lowest BCUT2D eigenvalue weighted by Gasteiger charge is -2.31. The van der Waals surface area contributed by atoms with Gasteiger partial charge in [0.1, 0.15) is 12.0 Å². The first-order valence-electron chi connectivity index (χ1n) is 8.85. The molecule has 1 aliphatic rings. The summed E-state index contributed by atoms with van der Waals surface area (Å²) in [5, 5.41) is 3.66. The molecule has 3 aromatic carbocycles. The van der Waals surface area contributed by atoms with Crippen molar-refractivity contribution in [1.29, 1.82) is 0 Å². The molecule has 1 atom stereocenters. The average Bonchev–Trinajstić information content (AvgIpc) is 3.12. The van der Waals surface area contributed by atoms with Crippen LogP contribution in [-0.4, -0.2) is 23.8 Å². The molecule has 134 valence electrons. The number of nitrogens with zero attached hydrogens (tertiary/aromatic N) is 2. The molecule has 0 saturated heterocycles. The van der Waals surface area contributed by atoms with E-state index < -0.39 is 0 Å². The highest BCUT2D eigenvalue weighted by molar-refractivity contribution is 5.87. The van der Waals surface area contributed by atoms with Crippen LogP contribution in [0.5, 0.6) is 11.5 Å². The Morgan fingerprint density at radius 3 is 2.56 bits per heavy atom. The third kappa shape index (κ3) is 2.28. The Bertz CT molecular complexity index is 1150. The smallest absolute Gasteiger partial charge is 0.167 e. The van der Waals surface area contributed by atoms with E-state index in [1.54, 1.807) is 14.2 Å². The summed E-state index contributed by atoms with van der Waals surface area (Å²) in [6.07, 6.45) is -0.160. The zero-order valence-electron chi connectivity index (χ0n) is 15.1. The standard InChI is InChI=1S/C22H19N3O2/c1-26-19-13-7-9-15(20(19)27-2)22-23-16-10-4-3-8-14(16)21-24-17-11-5-6-12-18(17)25(21)22/h3-13,22-23H,1-2H3/t22-/m1/s1. The van der Waals surface area contributed by atoms with E-state index in [0.717, 1.165) is 39.4 Å². The average molecular weight is 357 g/mol. The fourth-order valence-electron chi connectivity index (χ4n) is 3.86. The maximum Gasteiger partial charge on any atom is 0.167 e. The number of benzene rings is 3. The van der Waals surface area contributed by atoms with Crippen LogP contribution in [0.25, 0.3) is 22.4 Å². The summed E-state index contributed by atoms with van der Waals surface area (Å²) in [4.78, 5) is 4.92. The number of anilines is 1. The Kier molecular flexibility index (Phi) is 3.53. The maximum absolute atomic E-state index is 5.71. The number of ether oxygens (including phenoxy) is 2. The van der Waals surface area contributed by atoms with E-state index in [1.807, 2.05) is 42.5 Å². The fraction of sp³-hybridized carbons (Fsp3) is 0.136. The first-order valence-corrected chi connectivity index (χ1v) is 8.85. The molecule has 0 radical (unpaired) electrons. The van der Waals surface area contributed by atoms with Gasteiger partial charge < -0.3 is 14.8 Å². The number of rotatable bonds is 3. The number of nitrogens with one attached hydrogen (secondary N) is 1. The van der Waals surface area contributed by atoms with E-state index in [-0.39, 0.29) is 6.17 Å². The second-order valence-corrected chi connectivity index (χ2v) is 6.47. The Morgan fingerprint density at radius 2 is 1.70 bits per heavy atom. The minimum absolute atomic E-state index is 0.160. The summed E-state index contributed by atoms with van der Waals surface area (Å²) in [7, 11) is 3.33. The van der Waals surface area contributed by atoms with Gasteiger partial charge in [-0.25, -0.2) is 4.98 Å². The van der Waals surface area contributed by atoms with Crippen molar-refractivity contribution in [3.8, 4) is 22.9 Å². The molecule has 27 heavy (non-hydrogen) atoms. The van der Waals surface area contributed by atoms with Gasteiger partial charge in [0.2, 0.25) is 0 Å². The monoisotopic (exact) mass is 357 g/mol. The number of methoxy groups -OCH3 is 2. The van der Waals surface area contributed by atoms with Gasteiger partial charge in [-0.2, -0.15) is 0 Å². The SMILES string of the molecule is COc1cccc([C@@H]2Nc3ccccc3-c3nc4ccccc4n32)c1OC. The summed E-state index contributed by atoms with van der Waals surface area (Å²) >= 11 is 0. The summed E-state index contributed by atoms with van der Waals surface area (Å²) < 4.78 is 13.5. The lowest BCUT2D eigenvalue weighted by molar-refractivity contribution is 0.349. The van der Waals surface area contributed by atoms with Crippen LogP contribution in [0.4, 0.5) is 5.69 Å². The lowest BCUT2D eigenvalue weighted by Crippen LogP contribution is -2.25. The number of fused-ring (bicyclic) bond motifs is 5. The molecule has 0 amide bonds. The third-order valence-corrected chi connectivity index (χ3v) is 5.04. The van der Waals surface area contributed by atoms with Gasteiger partial charge in [-0.05, 0) is 30.3 Å². The van der Waals surface area contributed by atoms with E-state index in [9.17, 15) is 0 Å². The van der Waals surface area contributed by atoms with Gasteiger partial charge in [0, 0.05) is 16.8 Å². The van der Waals surface area contributed by atoms with Gasteiger partial charge in [0.25, 0.3) is 0 Å². The highest BCUT2D eigenvalue weighted by Crippen LogP contribution is 2.44. The van der Waals surface area contributed by atoms with Gasteiger partial charge in [-0.15, -0.1) is 0 Å². The van der Waals surface area contributed by atoms with E-state index in [4.69, 9.17) is 14.5 Å². The van der Waals surface area contributed by atoms with Gasteiger partial charge >= 0.3 is 0 Å². The lowest BCUT2D eigenvalue weighted by atomic mass is 10.0. The highest BCUT2D eigenvalue weighted by Gasteiger charge is 2.30. The molecule has 0 unspecified atom stereocenters. The molecule has 0 saturated carbocycles. The molecule has 2 heterocycles. The van der Waals surface area contributed by atoms with Crippen molar-refractivity contribution >= 4 is 16.7 Å². The van der Waals surface area contributed by atoms with Crippen LogP contribution in [0.1, 0.15) is 11.7 Å². The second kappa shape index (κ2) is 6.06. The van der Waals surface area contributed by atoms with Crippen LogP contribution in [0.3, 0.4) is 0 Å². The fourth-order valence-corrected chi connectivity index (χ4v) is 3.86. The van der Waals surface area contributed by atoms with Crippen LogP contribution in [0.15, 0.2) is 66.7 Å². The molecule has 1 N–H and O–H groups in total. The molecule has 5 rings (SSSR count). The van der Waals surface area contributed by atoms with E-state index >= 15 is 0 Å². The van der Waals surface area contributed by atoms with Crippen LogP contribution in [-0.2, 0) is 0 Å². The molecular weight excluding hydrogens is 338 g/mol. The molecule has 1 aromatic heterocycles. The second-order valence-electron chi connectivity index (χ2n) is 6.47. The van der Waals surface area contributed by atoms with Crippen molar-refractivity contribution in [1.82, 2.24) is 9.55 Å². The van der Waals surface area contributed by atoms with Crippen molar-refractivity contribution in [3.05, 3.63) is 72.3 Å². The molecule has 5 nitrogen and oxygen atoms in total. The Labute approximate surface area is 157 Å². The topological polar surface area (TPSA) is 48.3 Å². The van der Waals surface area contributed by atoms with Crippen LogP contribution >= 0.6 is 0 Å². The maximum atomic E-state index is 5.71. The van der Waals surface area contributed by atoms with Gasteiger partial charge in [0.05, 0.1) is 25.3 Å². The number of hydrogen-bond acceptors (Lipinski definition) is 4. The summed E-state index contributed by atoms with van der Waals surface area (Å²) in [5.41, 5.74) is 5.18. The Balaban J connectivity index is 1.82. The van der Waals surface area contributed by atoms with Gasteiger partial charge in [-0.3, -0.25) is 4.57 Å². The molecule has 0 spiro atoms. The molecular formula is C22H19N3O2. The van der Waals surface area contributed by atoms with Crippen molar-refractivity contribution in [2.75, 3.05) is 19.5 Å². The van der Waals surface area contributed by atoms with E-state index in [2.05, 4.69) is 34.1 Å². The van der Waals surface area contributed by atoms with Gasteiger partial charge in [0.15, 0.2) is 11.5 Å². The minimum atomic E-state index is -0.160. The zero-order valence-corrected chi connectivity index (χ0v) is 15.1. The summed E-state index contributed by atoms with van der Waals surface area (Å²) in [6.45, 7) is 0. The first kappa shape index (κ1) is 15.8. The minimum Gasteiger partial charge on any atom is -0.493 e. The van der Waals surface area contributed by atoms with Crippen LogP contribution in [0, 0.1) is 0 Å². The van der Waals surface area contributed by atoms with Crippen molar-refractivity contribution in [3.63, 3.8) is 0 Å². The Morgan fingerprint density at radius 1 is 0.889 bits per heavy atom. The molecule has 4 aromatic rings. The number of para-hydroxylation sites is 4. The summed E-state index contributed by atoms with van der Waals surface area (Å²) in [6, 6.07) is 22.4. The molecule has 5 heteroatoms. The predicted molar refractivity (Wildman–Crippen MR) is 106 cm³/mol. The number of aromatic nitrogens is 2. The molecule has 0 fully saturated rings. The normalized spacial score (nSPS) is 15.0.